The molecule has 0 saturated heterocycles. The van der Waals surface area contributed by atoms with Gasteiger partial charge in [-0.2, -0.15) is 0 Å². The van der Waals surface area contributed by atoms with Gasteiger partial charge >= 0.3 is 0 Å². The van der Waals surface area contributed by atoms with Crippen LogP contribution in [0.4, 0.5) is 4.39 Å². The van der Waals surface area contributed by atoms with E-state index in [1.165, 1.54) is 23.9 Å². The summed E-state index contributed by atoms with van der Waals surface area (Å²) in [7, 11) is 1.87. The number of aryl methyl sites for hydroxylation is 1. The predicted octanol–water partition coefficient (Wildman–Crippen LogP) is 2.86. The van der Waals surface area contributed by atoms with Gasteiger partial charge in [-0.3, -0.25) is 0 Å². The van der Waals surface area contributed by atoms with Gasteiger partial charge in [-0.05, 0) is 31.2 Å². The van der Waals surface area contributed by atoms with E-state index >= 15 is 0 Å². The first-order chi connectivity index (χ1) is 10.1. The van der Waals surface area contributed by atoms with Crippen molar-refractivity contribution < 1.29 is 8.81 Å². The monoisotopic (exact) mass is 305 g/mol. The molecule has 1 atom stereocenters. The molecule has 3 rings (SSSR count). The largest absolute Gasteiger partial charge is 0.419 e. The lowest BCUT2D eigenvalue weighted by Crippen LogP contribution is -1.94. The first kappa shape index (κ1) is 13.7. The van der Waals surface area contributed by atoms with E-state index in [9.17, 15) is 4.39 Å². The summed E-state index contributed by atoms with van der Waals surface area (Å²) in [6, 6.07) is 5.92. The Balaban J connectivity index is 1.78. The summed E-state index contributed by atoms with van der Waals surface area (Å²) in [6.07, 6.45) is 1.63. The lowest BCUT2D eigenvalue weighted by Gasteiger charge is -2.04. The fourth-order valence-electron chi connectivity index (χ4n) is 1.70. The van der Waals surface area contributed by atoms with Gasteiger partial charge in [0, 0.05) is 12.6 Å². The van der Waals surface area contributed by atoms with Crippen LogP contribution in [0.2, 0.25) is 0 Å². The number of aromatic nitrogens is 5. The Morgan fingerprint density at radius 2 is 1.95 bits per heavy atom. The van der Waals surface area contributed by atoms with Crippen molar-refractivity contribution in [3.05, 3.63) is 42.3 Å². The van der Waals surface area contributed by atoms with Gasteiger partial charge in [-0.1, -0.05) is 11.8 Å². The van der Waals surface area contributed by atoms with Crippen molar-refractivity contribution in [3.8, 4) is 11.5 Å². The van der Waals surface area contributed by atoms with E-state index in [4.69, 9.17) is 4.42 Å². The Hall–Kier alpha value is -2.22. The number of rotatable bonds is 4. The van der Waals surface area contributed by atoms with Gasteiger partial charge in [0.05, 0.1) is 5.25 Å². The molecular weight excluding hydrogens is 293 g/mol. The molecule has 0 aliphatic rings. The van der Waals surface area contributed by atoms with Crippen molar-refractivity contribution in [3.63, 3.8) is 0 Å². The lowest BCUT2D eigenvalue weighted by atomic mass is 10.2. The van der Waals surface area contributed by atoms with Gasteiger partial charge in [-0.15, -0.1) is 20.4 Å². The van der Waals surface area contributed by atoms with Gasteiger partial charge in [0.1, 0.15) is 12.1 Å². The standard InChI is InChI=1S/C13H12FN5OS/c1-8(21-13-18-15-7-19(13)2)11-16-17-12(20-11)9-3-5-10(14)6-4-9/h3-8H,1-2H3/t8-/m0/s1. The molecule has 0 radical (unpaired) electrons. The number of halogens is 1. The Morgan fingerprint density at radius 1 is 1.19 bits per heavy atom. The second-order valence-electron chi connectivity index (χ2n) is 4.44. The number of benzene rings is 1. The number of thioether (sulfide) groups is 1. The van der Waals surface area contributed by atoms with Gasteiger partial charge in [0.15, 0.2) is 5.16 Å². The molecule has 2 heterocycles. The van der Waals surface area contributed by atoms with Crippen LogP contribution in [0, 0.1) is 5.82 Å². The minimum absolute atomic E-state index is 0.0606. The zero-order chi connectivity index (χ0) is 14.8. The molecule has 3 aromatic rings. The average Bonchev–Trinajstić information content (AvgIpc) is 3.10. The Bertz CT molecular complexity index is 739. The Labute approximate surface area is 124 Å². The van der Waals surface area contributed by atoms with Crippen LogP contribution in [-0.2, 0) is 7.05 Å². The van der Waals surface area contributed by atoms with Crippen molar-refractivity contribution in [1.82, 2.24) is 25.0 Å². The summed E-state index contributed by atoms with van der Waals surface area (Å²) in [6.45, 7) is 1.95. The first-order valence-electron chi connectivity index (χ1n) is 6.23. The van der Waals surface area contributed by atoms with Crippen LogP contribution in [0.25, 0.3) is 11.5 Å². The van der Waals surface area contributed by atoms with E-state index in [0.717, 1.165) is 5.16 Å². The maximum atomic E-state index is 12.9. The minimum atomic E-state index is -0.301. The Morgan fingerprint density at radius 3 is 2.62 bits per heavy atom. The molecule has 0 bridgehead atoms. The zero-order valence-electron chi connectivity index (χ0n) is 11.4. The predicted molar refractivity (Wildman–Crippen MR) is 75.0 cm³/mol. The highest BCUT2D eigenvalue weighted by Gasteiger charge is 2.18. The highest BCUT2D eigenvalue weighted by molar-refractivity contribution is 7.99. The smallest absolute Gasteiger partial charge is 0.247 e. The van der Waals surface area contributed by atoms with Crippen LogP contribution in [0.1, 0.15) is 18.1 Å². The van der Waals surface area contributed by atoms with Gasteiger partial charge in [0.2, 0.25) is 11.8 Å². The minimum Gasteiger partial charge on any atom is -0.419 e. The molecule has 21 heavy (non-hydrogen) atoms. The van der Waals surface area contributed by atoms with Crippen LogP contribution >= 0.6 is 11.8 Å². The topological polar surface area (TPSA) is 69.6 Å². The maximum absolute atomic E-state index is 12.9. The molecule has 6 nitrogen and oxygen atoms in total. The first-order valence-corrected chi connectivity index (χ1v) is 7.11. The molecule has 0 unspecified atom stereocenters. The third-order valence-corrected chi connectivity index (χ3v) is 3.97. The molecule has 0 aliphatic heterocycles. The zero-order valence-corrected chi connectivity index (χ0v) is 12.2. The molecule has 108 valence electrons. The van der Waals surface area contributed by atoms with Crippen molar-refractivity contribution in [1.29, 1.82) is 0 Å². The molecule has 0 saturated carbocycles. The summed E-state index contributed by atoms with van der Waals surface area (Å²) in [5, 5.41) is 16.6. The molecule has 0 fully saturated rings. The SMILES string of the molecule is C[C@H](Sc1nncn1C)c1nnc(-c2ccc(F)cc2)o1. The number of hydrogen-bond donors (Lipinski definition) is 0. The number of nitrogens with zero attached hydrogens (tertiary/aromatic N) is 5. The highest BCUT2D eigenvalue weighted by Crippen LogP contribution is 2.33. The molecular formula is C13H12FN5OS. The lowest BCUT2D eigenvalue weighted by molar-refractivity contribution is 0.508. The van der Waals surface area contributed by atoms with Crippen molar-refractivity contribution in [2.24, 2.45) is 7.05 Å². The van der Waals surface area contributed by atoms with E-state index in [0.29, 0.717) is 17.3 Å². The van der Waals surface area contributed by atoms with Crippen LogP contribution in [0.3, 0.4) is 0 Å². The molecule has 0 aliphatic carbocycles. The van der Waals surface area contributed by atoms with E-state index in [1.54, 1.807) is 18.5 Å². The summed E-state index contributed by atoms with van der Waals surface area (Å²) in [5.41, 5.74) is 0.686. The van der Waals surface area contributed by atoms with E-state index in [-0.39, 0.29) is 11.1 Å². The van der Waals surface area contributed by atoms with E-state index in [2.05, 4.69) is 20.4 Å². The summed E-state index contributed by atoms with van der Waals surface area (Å²) in [5.74, 6) is 0.558. The van der Waals surface area contributed by atoms with Crippen molar-refractivity contribution in [2.75, 3.05) is 0 Å². The second-order valence-corrected chi connectivity index (χ2v) is 5.74. The molecule has 2 aromatic heterocycles. The van der Waals surface area contributed by atoms with Crippen LogP contribution < -0.4 is 0 Å². The molecule has 8 heteroatoms. The van der Waals surface area contributed by atoms with Crippen molar-refractivity contribution in [2.45, 2.75) is 17.3 Å². The third kappa shape index (κ3) is 2.94. The van der Waals surface area contributed by atoms with Crippen LogP contribution in [0.5, 0.6) is 0 Å². The fraction of sp³-hybridized carbons (Fsp3) is 0.231. The van der Waals surface area contributed by atoms with Gasteiger partial charge in [0.25, 0.3) is 0 Å². The fourth-order valence-corrected chi connectivity index (χ4v) is 2.52. The molecule has 1 aromatic carbocycles. The summed E-state index contributed by atoms with van der Waals surface area (Å²) < 4.78 is 20.4. The van der Waals surface area contributed by atoms with Gasteiger partial charge < -0.3 is 8.98 Å². The van der Waals surface area contributed by atoms with Crippen LogP contribution in [0.15, 0.2) is 40.2 Å². The molecule has 0 spiro atoms. The second kappa shape index (κ2) is 5.65. The Kier molecular flexibility index (Phi) is 3.70. The molecule has 0 amide bonds. The third-order valence-electron chi connectivity index (χ3n) is 2.83. The normalized spacial score (nSPS) is 12.5. The van der Waals surface area contributed by atoms with Crippen molar-refractivity contribution >= 4 is 11.8 Å². The summed E-state index contributed by atoms with van der Waals surface area (Å²) in [4.78, 5) is 0. The van der Waals surface area contributed by atoms with Gasteiger partial charge in [-0.25, -0.2) is 4.39 Å². The summed E-state index contributed by atoms with van der Waals surface area (Å²) >= 11 is 1.47. The quantitative estimate of drug-likeness (QED) is 0.690. The van der Waals surface area contributed by atoms with E-state index < -0.39 is 0 Å². The van der Waals surface area contributed by atoms with Crippen LogP contribution in [-0.4, -0.2) is 25.0 Å². The van der Waals surface area contributed by atoms with E-state index in [1.807, 2.05) is 18.5 Å². The average molecular weight is 305 g/mol. The molecule has 0 N–H and O–H groups in total. The number of hydrogen-bond acceptors (Lipinski definition) is 6. The highest BCUT2D eigenvalue weighted by atomic mass is 32.2. The maximum Gasteiger partial charge on any atom is 0.247 e.